The van der Waals surface area contributed by atoms with E-state index in [1.165, 1.54) is 0 Å². The largest absolute Gasteiger partial charge is 0.444 e. The zero-order valence-corrected chi connectivity index (χ0v) is 19.5. The van der Waals surface area contributed by atoms with Gasteiger partial charge in [0.15, 0.2) is 0 Å². The van der Waals surface area contributed by atoms with Gasteiger partial charge in [0.25, 0.3) is 0 Å². The Morgan fingerprint density at radius 3 is 2.70 bits per heavy atom. The van der Waals surface area contributed by atoms with Gasteiger partial charge in [0.1, 0.15) is 5.60 Å². The number of aromatic nitrogens is 2. The van der Waals surface area contributed by atoms with E-state index in [9.17, 15) is 4.79 Å². The molecule has 0 spiro atoms. The van der Waals surface area contributed by atoms with E-state index in [0.29, 0.717) is 24.6 Å². The number of benzene rings is 2. The van der Waals surface area contributed by atoms with Crippen LogP contribution in [0.15, 0.2) is 48.5 Å². The van der Waals surface area contributed by atoms with Crippen LogP contribution in [0.2, 0.25) is 0 Å². The molecule has 172 valence electrons. The van der Waals surface area contributed by atoms with E-state index in [-0.39, 0.29) is 6.09 Å². The molecule has 7 heteroatoms. The van der Waals surface area contributed by atoms with Crippen LogP contribution in [0.5, 0.6) is 0 Å². The van der Waals surface area contributed by atoms with Crippen LogP contribution in [0.4, 0.5) is 10.7 Å². The van der Waals surface area contributed by atoms with Gasteiger partial charge in [-0.15, -0.1) is 0 Å². The topological polar surface area (TPSA) is 83.2 Å². The monoisotopic (exact) mass is 445 g/mol. The molecule has 0 saturated carbocycles. The van der Waals surface area contributed by atoms with E-state index in [4.69, 9.17) is 15.0 Å². The van der Waals surface area contributed by atoms with Crippen LogP contribution < -0.4 is 5.32 Å². The van der Waals surface area contributed by atoms with Crippen molar-refractivity contribution in [3.63, 3.8) is 0 Å². The maximum atomic E-state index is 12.5. The molecule has 1 N–H and O–H groups in total. The number of nitrogens with one attached hydrogen (secondary N) is 1. The lowest BCUT2D eigenvalue weighted by Crippen LogP contribution is -2.44. The molecular formula is C26H31N5O2. The summed E-state index contributed by atoms with van der Waals surface area (Å²) in [5.74, 6) is 1.14. The number of fused-ring (bicyclic) bond motifs is 1. The Bertz CT molecular complexity index is 1150. The summed E-state index contributed by atoms with van der Waals surface area (Å²) >= 11 is 0. The Kier molecular flexibility index (Phi) is 6.55. The quantitative estimate of drug-likeness (QED) is 0.596. The van der Waals surface area contributed by atoms with Gasteiger partial charge in [-0.05, 0) is 69.4 Å². The third-order valence-corrected chi connectivity index (χ3v) is 5.80. The summed E-state index contributed by atoms with van der Waals surface area (Å²) in [7, 11) is 0. The standard InChI is InChI=1S/C26H31N5O2/c1-26(2,3)33-25(32)30-14-6-7-21(17-30)16-28-24-29-22-8-4-5-9-23(22)31(24)18-20-12-10-19(15-27)11-13-20/h4-5,8-13,21H,6-7,14,16-18H2,1-3H3,(H,28,29). The van der Waals surface area contributed by atoms with Crippen molar-refractivity contribution in [3.8, 4) is 6.07 Å². The van der Waals surface area contributed by atoms with Crippen LogP contribution in [0.3, 0.4) is 0 Å². The molecule has 2 heterocycles. The Hall–Kier alpha value is -3.53. The van der Waals surface area contributed by atoms with E-state index < -0.39 is 5.60 Å². The molecule has 1 amide bonds. The number of hydrogen-bond donors (Lipinski definition) is 1. The maximum absolute atomic E-state index is 12.5. The van der Waals surface area contributed by atoms with E-state index >= 15 is 0 Å². The van der Waals surface area contributed by atoms with Crippen LogP contribution in [-0.2, 0) is 11.3 Å². The molecule has 1 aromatic heterocycles. The number of rotatable bonds is 5. The van der Waals surface area contributed by atoms with Gasteiger partial charge in [-0.2, -0.15) is 5.26 Å². The first-order valence-electron chi connectivity index (χ1n) is 11.5. The van der Waals surface area contributed by atoms with Crippen molar-refractivity contribution >= 4 is 23.1 Å². The first kappa shape index (κ1) is 22.7. The molecule has 0 aliphatic carbocycles. The highest BCUT2D eigenvalue weighted by Crippen LogP contribution is 2.24. The van der Waals surface area contributed by atoms with Crippen LogP contribution in [0, 0.1) is 17.2 Å². The minimum atomic E-state index is -0.488. The van der Waals surface area contributed by atoms with Crippen LogP contribution >= 0.6 is 0 Å². The molecular weight excluding hydrogens is 414 g/mol. The molecule has 1 aliphatic rings. The fraction of sp³-hybridized carbons (Fsp3) is 0.423. The lowest BCUT2D eigenvalue weighted by Gasteiger charge is -2.34. The fourth-order valence-electron chi connectivity index (χ4n) is 4.20. The van der Waals surface area contributed by atoms with Crippen molar-refractivity contribution in [2.24, 2.45) is 5.92 Å². The molecule has 7 nitrogen and oxygen atoms in total. The normalized spacial score (nSPS) is 16.4. The molecule has 0 radical (unpaired) electrons. The van der Waals surface area contributed by atoms with E-state index in [1.807, 2.05) is 68.1 Å². The molecule has 1 atom stereocenters. The Labute approximate surface area is 195 Å². The van der Waals surface area contributed by atoms with E-state index in [2.05, 4.69) is 22.0 Å². The summed E-state index contributed by atoms with van der Waals surface area (Å²) in [5, 5.41) is 12.6. The number of likely N-dealkylation sites (tertiary alicyclic amines) is 1. The van der Waals surface area contributed by atoms with Gasteiger partial charge in [0, 0.05) is 19.6 Å². The zero-order valence-electron chi connectivity index (χ0n) is 19.5. The van der Waals surface area contributed by atoms with E-state index in [0.717, 1.165) is 48.5 Å². The van der Waals surface area contributed by atoms with Gasteiger partial charge in [-0.25, -0.2) is 9.78 Å². The Balaban J connectivity index is 1.47. The van der Waals surface area contributed by atoms with Crippen LogP contribution in [-0.4, -0.2) is 45.8 Å². The molecule has 2 aromatic carbocycles. The van der Waals surface area contributed by atoms with Gasteiger partial charge in [-0.1, -0.05) is 24.3 Å². The smallest absolute Gasteiger partial charge is 0.410 e. The summed E-state index contributed by atoms with van der Waals surface area (Å²) in [5.41, 5.74) is 3.27. The van der Waals surface area contributed by atoms with Crippen molar-refractivity contribution in [2.75, 3.05) is 25.0 Å². The predicted octanol–water partition coefficient (Wildman–Crippen LogP) is 5.02. The summed E-state index contributed by atoms with van der Waals surface area (Å²) in [6.07, 6.45) is 1.79. The zero-order chi connectivity index (χ0) is 23.4. The van der Waals surface area contributed by atoms with Crippen molar-refractivity contribution in [1.29, 1.82) is 5.26 Å². The molecule has 1 fully saturated rings. The number of para-hydroxylation sites is 2. The second-order valence-electron chi connectivity index (χ2n) is 9.63. The van der Waals surface area contributed by atoms with Crippen LogP contribution in [0.1, 0.15) is 44.7 Å². The fourth-order valence-corrected chi connectivity index (χ4v) is 4.20. The Morgan fingerprint density at radius 1 is 1.21 bits per heavy atom. The first-order chi connectivity index (χ1) is 15.8. The highest BCUT2D eigenvalue weighted by Gasteiger charge is 2.27. The van der Waals surface area contributed by atoms with Crippen molar-refractivity contribution in [1.82, 2.24) is 14.5 Å². The molecule has 3 aromatic rings. The number of carbonyl (C=O) groups is 1. The second kappa shape index (κ2) is 9.53. The van der Waals surface area contributed by atoms with Gasteiger partial charge >= 0.3 is 6.09 Å². The Morgan fingerprint density at radius 2 is 1.97 bits per heavy atom. The summed E-state index contributed by atoms with van der Waals surface area (Å²) in [6.45, 7) is 8.49. The van der Waals surface area contributed by atoms with Crippen molar-refractivity contribution < 1.29 is 9.53 Å². The average molecular weight is 446 g/mol. The molecule has 0 bridgehead atoms. The molecule has 1 unspecified atom stereocenters. The lowest BCUT2D eigenvalue weighted by molar-refractivity contribution is 0.0172. The lowest BCUT2D eigenvalue weighted by atomic mass is 9.98. The minimum absolute atomic E-state index is 0.236. The third kappa shape index (κ3) is 5.64. The number of carbonyl (C=O) groups excluding carboxylic acids is 1. The third-order valence-electron chi connectivity index (χ3n) is 5.80. The summed E-state index contributed by atoms with van der Waals surface area (Å²) < 4.78 is 7.73. The highest BCUT2D eigenvalue weighted by molar-refractivity contribution is 5.78. The minimum Gasteiger partial charge on any atom is -0.444 e. The summed E-state index contributed by atoms with van der Waals surface area (Å²) in [4.78, 5) is 19.1. The molecule has 4 rings (SSSR count). The number of nitriles is 1. The van der Waals surface area contributed by atoms with Crippen molar-refractivity contribution in [2.45, 2.75) is 45.8 Å². The molecule has 33 heavy (non-hydrogen) atoms. The number of amides is 1. The highest BCUT2D eigenvalue weighted by atomic mass is 16.6. The molecule has 1 saturated heterocycles. The average Bonchev–Trinajstić information content (AvgIpc) is 3.14. The van der Waals surface area contributed by atoms with Gasteiger partial charge in [0.05, 0.1) is 29.2 Å². The molecule has 1 aliphatic heterocycles. The van der Waals surface area contributed by atoms with Crippen LogP contribution in [0.25, 0.3) is 11.0 Å². The SMILES string of the molecule is CC(C)(C)OC(=O)N1CCCC(CNc2nc3ccccc3n2Cc2ccc(C#N)cc2)C1. The number of imidazole rings is 1. The van der Waals surface area contributed by atoms with Crippen molar-refractivity contribution in [3.05, 3.63) is 59.7 Å². The number of nitrogens with zero attached hydrogens (tertiary/aromatic N) is 4. The second-order valence-corrected chi connectivity index (χ2v) is 9.63. The predicted molar refractivity (Wildman–Crippen MR) is 129 cm³/mol. The number of ether oxygens (including phenoxy) is 1. The first-order valence-corrected chi connectivity index (χ1v) is 11.5. The van der Waals surface area contributed by atoms with Gasteiger partial charge < -0.3 is 19.5 Å². The number of hydrogen-bond acceptors (Lipinski definition) is 5. The number of piperidine rings is 1. The maximum Gasteiger partial charge on any atom is 0.410 e. The summed E-state index contributed by atoms with van der Waals surface area (Å²) in [6, 6.07) is 17.9. The number of anilines is 1. The van der Waals surface area contributed by atoms with Gasteiger partial charge in [-0.3, -0.25) is 0 Å². The van der Waals surface area contributed by atoms with E-state index in [1.54, 1.807) is 0 Å². The van der Waals surface area contributed by atoms with Gasteiger partial charge in [0.2, 0.25) is 5.95 Å².